The molecule has 0 aliphatic carbocycles. The van der Waals surface area contributed by atoms with Crippen molar-refractivity contribution in [1.82, 2.24) is 20.5 Å². The molecule has 0 aromatic carbocycles. The molecule has 1 saturated heterocycles. The van der Waals surface area contributed by atoms with Gasteiger partial charge in [0.1, 0.15) is 0 Å². The molecular weight excluding hydrogens is 280 g/mol. The maximum absolute atomic E-state index is 12.2. The van der Waals surface area contributed by atoms with Crippen LogP contribution in [-0.4, -0.2) is 41.5 Å². The summed E-state index contributed by atoms with van der Waals surface area (Å²) in [6, 6.07) is 5.48. The van der Waals surface area contributed by atoms with Crippen LogP contribution >= 0.6 is 0 Å². The standard InChI is InChI=1S/C16H24N4O2/c1-2-8-18-15(21)13-6-5-10-20(12-13)16(22)19-11-14-7-3-4-9-17-14/h3-4,7,9,13H,2,5-6,8,10-12H2,1H3,(H,18,21)(H,19,22)/t13-/m0/s1. The molecule has 1 aromatic heterocycles. The molecular formula is C16H24N4O2. The molecule has 2 N–H and O–H groups in total. The predicted octanol–water partition coefficient (Wildman–Crippen LogP) is 1.53. The van der Waals surface area contributed by atoms with Crippen LogP contribution in [0.3, 0.4) is 0 Å². The lowest BCUT2D eigenvalue weighted by molar-refractivity contribution is -0.126. The van der Waals surface area contributed by atoms with Gasteiger partial charge in [-0.1, -0.05) is 13.0 Å². The summed E-state index contributed by atoms with van der Waals surface area (Å²) in [4.78, 5) is 30.1. The Hall–Kier alpha value is -2.11. The van der Waals surface area contributed by atoms with Crippen molar-refractivity contribution in [1.29, 1.82) is 0 Å². The highest BCUT2D eigenvalue weighted by atomic mass is 16.2. The molecule has 1 aliphatic rings. The van der Waals surface area contributed by atoms with Gasteiger partial charge in [-0.3, -0.25) is 9.78 Å². The molecule has 6 heteroatoms. The van der Waals surface area contributed by atoms with Crippen LogP contribution in [-0.2, 0) is 11.3 Å². The minimum absolute atomic E-state index is 0.0593. The molecule has 22 heavy (non-hydrogen) atoms. The second-order valence-electron chi connectivity index (χ2n) is 5.56. The van der Waals surface area contributed by atoms with E-state index in [2.05, 4.69) is 15.6 Å². The first-order valence-corrected chi connectivity index (χ1v) is 7.91. The van der Waals surface area contributed by atoms with E-state index in [0.717, 1.165) is 25.0 Å². The normalized spacial score (nSPS) is 17.9. The van der Waals surface area contributed by atoms with Crippen molar-refractivity contribution in [3.63, 3.8) is 0 Å². The Morgan fingerprint density at radius 3 is 2.95 bits per heavy atom. The summed E-state index contributed by atoms with van der Waals surface area (Å²) in [6.45, 7) is 4.32. The second-order valence-corrected chi connectivity index (χ2v) is 5.56. The first kappa shape index (κ1) is 16.3. The zero-order valence-corrected chi connectivity index (χ0v) is 13.0. The maximum atomic E-state index is 12.2. The van der Waals surface area contributed by atoms with Gasteiger partial charge in [-0.15, -0.1) is 0 Å². The minimum Gasteiger partial charge on any atom is -0.356 e. The minimum atomic E-state index is -0.126. The fourth-order valence-corrected chi connectivity index (χ4v) is 2.55. The van der Waals surface area contributed by atoms with Gasteiger partial charge in [-0.25, -0.2) is 4.79 Å². The molecule has 120 valence electrons. The van der Waals surface area contributed by atoms with Crippen molar-refractivity contribution in [2.75, 3.05) is 19.6 Å². The molecule has 3 amide bonds. The predicted molar refractivity (Wildman–Crippen MR) is 84.1 cm³/mol. The van der Waals surface area contributed by atoms with E-state index in [-0.39, 0.29) is 17.9 Å². The average molecular weight is 304 g/mol. The van der Waals surface area contributed by atoms with Gasteiger partial charge in [0.2, 0.25) is 5.91 Å². The van der Waals surface area contributed by atoms with Crippen molar-refractivity contribution in [2.45, 2.75) is 32.7 Å². The van der Waals surface area contributed by atoms with Gasteiger partial charge in [-0.2, -0.15) is 0 Å². The first-order valence-electron chi connectivity index (χ1n) is 7.91. The van der Waals surface area contributed by atoms with Crippen molar-refractivity contribution in [3.05, 3.63) is 30.1 Å². The Labute approximate surface area is 131 Å². The van der Waals surface area contributed by atoms with Gasteiger partial charge in [0.25, 0.3) is 0 Å². The van der Waals surface area contributed by atoms with Crippen molar-refractivity contribution >= 4 is 11.9 Å². The van der Waals surface area contributed by atoms with Crippen LogP contribution in [0.2, 0.25) is 0 Å². The van der Waals surface area contributed by atoms with Gasteiger partial charge in [0.05, 0.1) is 18.2 Å². The largest absolute Gasteiger partial charge is 0.356 e. The van der Waals surface area contributed by atoms with Crippen LogP contribution in [0.5, 0.6) is 0 Å². The van der Waals surface area contributed by atoms with E-state index in [1.807, 2.05) is 25.1 Å². The number of hydrogen-bond acceptors (Lipinski definition) is 3. The van der Waals surface area contributed by atoms with Gasteiger partial charge in [-0.05, 0) is 31.4 Å². The fourth-order valence-electron chi connectivity index (χ4n) is 2.55. The van der Waals surface area contributed by atoms with Crippen LogP contribution in [0.1, 0.15) is 31.9 Å². The monoisotopic (exact) mass is 304 g/mol. The number of nitrogens with zero attached hydrogens (tertiary/aromatic N) is 2. The zero-order chi connectivity index (χ0) is 15.8. The molecule has 1 atom stereocenters. The lowest BCUT2D eigenvalue weighted by Crippen LogP contribution is -2.48. The molecule has 6 nitrogen and oxygen atoms in total. The van der Waals surface area contributed by atoms with Gasteiger partial charge < -0.3 is 15.5 Å². The Kier molecular flexibility index (Phi) is 6.18. The third-order valence-electron chi connectivity index (χ3n) is 3.78. The van der Waals surface area contributed by atoms with E-state index in [9.17, 15) is 9.59 Å². The summed E-state index contributed by atoms with van der Waals surface area (Å²) in [5.41, 5.74) is 0.824. The molecule has 1 aliphatic heterocycles. The van der Waals surface area contributed by atoms with E-state index in [1.165, 1.54) is 0 Å². The molecule has 0 radical (unpaired) electrons. The number of pyridine rings is 1. The number of amides is 3. The summed E-state index contributed by atoms with van der Waals surface area (Å²) in [6.07, 6.45) is 4.34. The summed E-state index contributed by atoms with van der Waals surface area (Å²) in [7, 11) is 0. The van der Waals surface area contributed by atoms with Crippen molar-refractivity contribution in [2.24, 2.45) is 5.92 Å². The Morgan fingerprint density at radius 2 is 2.23 bits per heavy atom. The molecule has 2 rings (SSSR count). The quantitative estimate of drug-likeness (QED) is 0.866. The number of urea groups is 1. The Bertz CT molecular complexity index is 492. The number of piperidine rings is 1. The summed E-state index contributed by atoms with van der Waals surface area (Å²) in [5, 5.41) is 5.78. The maximum Gasteiger partial charge on any atom is 0.317 e. The zero-order valence-electron chi connectivity index (χ0n) is 13.0. The molecule has 0 saturated carbocycles. The van der Waals surface area contributed by atoms with Crippen LogP contribution in [0, 0.1) is 5.92 Å². The fraction of sp³-hybridized carbons (Fsp3) is 0.562. The molecule has 2 heterocycles. The highest BCUT2D eigenvalue weighted by Crippen LogP contribution is 2.16. The Balaban J connectivity index is 1.81. The number of nitrogens with one attached hydrogen (secondary N) is 2. The average Bonchev–Trinajstić information content (AvgIpc) is 2.58. The van der Waals surface area contributed by atoms with Gasteiger partial charge in [0, 0.05) is 25.8 Å². The van der Waals surface area contributed by atoms with Gasteiger partial charge >= 0.3 is 6.03 Å². The number of likely N-dealkylation sites (tertiary alicyclic amines) is 1. The van der Waals surface area contributed by atoms with Gasteiger partial charge in [0.15, 0.2) is 0 Å². The van der Waals surface area contributed by atoms with Crippen LogP contribution in [0.4, 0.5) is 4.79 Å². The number of rotatable bonds is 5. The van der Waals surface area contributed by atoms with Crippen LogP contribution < -0.4 is 10.6 Å². The lowest BCUT2D eigenvalue weighted by Gasteiger charge is -2.32. The van der Waals surface area contributed by atoms with E-state index in [0.29, 0.717) is 26.2 Å². The van der Waals surface area contributed by atoms with Crippen molar-refractivity contribution < 1.29 is 9.59 Å². The third kappa shape index (κ3) is 4.72. The third-order valence-corrected chi connectivity index (χ3v) is 3.78. The first-order chi connectivity index (χ1) is 10.7. The van der Waals surface area contributed by atoms with Crippen LogP contribution in [0.15, 0.2) is 24.4 Å². The smallest absolute Gasteiger partial charge is 0.317 e. The number of aromatic nitrogens is 1. The van der Waals surface area contributed by atoms with E-state index >= 15 is 0 Å². The lowest BCUT2D eigenvalue weighted by atomic mass is 9.97. The summed E-state index contributed by atoms with van der Waals surface area (Å²) in [5.74, 6) is -0.0371. The Morgan fingerprint density at radius 1 is 1.36 bits per heavy atom. The highest BCUT2D eigenvalue weighted by Gasteiger charge is 2.28. The number of carbonyl (C=O) groups is 2. The van der Waals surface area contributed by atoms with E-state index < -0.39 is 0 Å². The molecule has 0 unspecified atom stereocenters. The molecule has 1 fully saturated rings. The second kappa shape index (κ2) is 8.36. The molecule has 0 bridgehead atoms. The molecule has 1 aromatic rings. The summed E-state index contributed by atoms with van der Waals surface area (Å²) < 4.78 is 0. The molecule has 0 spiro atoms. The van der Waals surface area contributed by atoms with Crippen molar-refractivity contribution in [3.8, 4) is 0 Å². The topological polar surface area (TPSA) is 74.3 Å². The number of carbonyl (C=O) groups excluding carboxylic acids is 2. The van der Waals surface area contributed by atoms with E-state index in [4.69, 9.17) is 0 Å². The number of hydrogen-bond donors (Lipinski definition) is 2. The van der Waals surface area contributed by atoms with Crippen LogP contribution in [0.25, 0.3) is 0 Å². The van der Waals surface area contributed by atoms with E-state index in [1.54, 1.807) is 11.1 Å². The summed E-state index contributed by atoms with van der Waals surface area (Å²) >= 11 is 0. The highest BCUT2D eigenvalue weighted by molar-refractivity contribution is 5.80. The SMILES string of the molecule is CCCNC(=O)[C@H]1CCCN(C(=O)NCc2ccccn2)C1.